The molecular formula is C58H43NO. The average Bonchev–Trinajstić information content (AvgIpc) is 3.92. The molecule has 0 N–H and O–H groups in total. The summed E-state index contributed by atoms with van der Waals surface area (Å²) in [6.07, 6.45) is 2.05. The van der Waals surface area contributed by atoms with E-state index in [9.17, 15) is 0 Å². The van der Waals surface area contributed by atoms with Gasteiger partial charge in [0.2, 0.25) is 0 Å². The summed E-state index contributed by atoms with van der Waals surface area (Å²) < 4.78 is 8.93. The van der Waals surface area contributed by atoms with Crippen LogP contribution in [0, 0.1) is 0 Å². The number of benzene rings is 9. The first-order chi connectivity index (χ1) is 29.5. The molecule has 2 heterocycles. The molecule has 0 radical (unpaired) electrons. The van der Waals surface area contributed by atoms with Crippen molar-refractivity contribution >= 4 is 54.5 Å². The Labute approximate surface area is 350 Å². The van der Waals surface area contributed by atoms with Crippen LogP contribution in [0.4, 0.5) is 0 Å². The van der Waals surface area contributed by atoms with Gasteiger partial charge in [-0.3, -0.25) is 0 Å². The van der Waals surface area contributed by atoms with E-state index in [-0.39, 0.29) is 5.41 Å². The van der Waals surface area contributed by atoms with Crippen molar-refractivity contribution in [1.29, 1.82) is 0 Å². The summed E-state index contributed by atoms with van der Waals surface area (Å²) in [5.41, 5.74) is 17.3. The highest BCUT2D eigenvalue weighted by atomic mass is 16.3. The lowest BCUT2D eigenvalue weighted by Gasteiger charge is -2.23. The lowest BCUT2D eigenvalue weighted by atomic mass is 9.80. The first-order valence-corrected chi connectivity index (χ1v) is 21.3. The van der Waals surface area contributed by atoms with Crippen LogP contribution in [-0.4, -0.2) is 4.57 Å². The molecule has 0 fully saturated rings. The third-order valence-electron chi connectivity index (χ3n) is 13.5. The standard InChI is InChI=1S/C58H43NO/c1-58(2)51-34-37(26-30-43(38-14-4-3-5-15-38)44-21-12-17-39-16-6-7-18-42(39)44)27-31-45(51)46-32-28-41(36-52(46)58)40-29-33-54-50(35-40)47-19-8-10-23-53(47)59(54)55-24-13-22-49-48-20-9-11-25-56(48)60-57(49)55/h3-25,27-29,31-36,43H,26,30H2,1-2H3. The monoisotopic (exact) mass is 769 g/mol. The summed E-state index contributed by atoms with van der Waals surface area (Å²) >= 11 is 0. The van der Waals surface area contributed by atoms with Crippen LogP contribution in [0.15, 0.2) is 199 Å². The van der Waals surface area contributed by atoms with E-state index >= 15 is 0 Å². The molecule has 0 bridgehead atoms. The fourth-order valence-corrected chi connectivity index (χ4v) is 10.5. The van der Waals surface area contributed by atoms with Crippen molar-refractivity contribution in [3.8, 4) is 27.9 Å². The molecule has 60 heavy (non-hydrogen) atoms. The highest BCUT2D eigenvalue weighted by Gasteiger charge is 2.36. The van der Waals surface area contributed by atoms with Crippen molar-refractivity contribution in [3.63, 3.8) is 0 Å². The normalized spacial score (nSPS) is 13.7. The molecule has 1 aliphatic rings. The van der Waals surface area contributed by atoms with Gasteiger partial charge in [-0.05, 0) is 110 Å². The third kappa shape index (κ3) is 5.34. The van der Waals surface area contributed by atoms with E-state index in [1.165, 1.54) is 82.6 Å². The van der Waals surface area contributed by atoms with Gasteiger partial charge in [-0.25, -0.2) is 0 Å². The zero-order valence-corrected chi connectivity index (χ0v) is 33.8. The van der Waals surface area contributed by atoms with E-state index in [2.05, 4.69) is 206 Å². The Morgan fingerprint density at radius 3 is 2.03 bits per heavy atom. The first-order valence-electron chi connectivity index (χ1n) is 21.3. The third-order valence-corrected chi connectivity index (χ3v) is 13.5. The smallest absolute Gasteiger partial charge is 0.159 e. The second-order valence-corrected chi connectivity index (χ2v) is 17.2. The van der Waals surface area contributed by atoms with E-state index < -0.39 is 0 Å². The van der Waals surface area contributed by atoms with Gasteiger partial charge in [0.25, 0.3) is 0 Å². The van der Waals surface area contributed by atoms with Gasteiger partial charge in [0.15, 0.2) is 5.58 Å². The largest absolute Gasteiger partial charge is 0.454 e. The summed E-state index contributed by atoms with van der Waals surface area (Å²) in [6.45, 7) is 4.81. The Bertz CT molecular complexity index is 3470. The molecule has 0 spiro atoms. The van der Waals surface area contributed by atoms with E-state index in [0.29, 0.717) is 5.92 Å². The summed E-state index contributed by atoms with van der Waals surface area (Å²) in [7, 11) is 0. The lowest BCUT2D eigenvalue weighted by molar-refractivity contribution is 0.657. The highest BCUT2D eigenvalue weighted by molar-refractivity contribution is 6.13. The zero-order chi connectivity index (χ0) is 40.0. The van der Waals surface area contributed by atoms with Crippen LogP contribution in [0.5, 0.6) is 0 Å². The van der Waals surface area contributed by atoms with Gasteiger partial charge in [0.1, 0.15) is 5.58 Å². The topological polar surface area (TPSA) is 18.1 Å². The minimum atomic E-state index is -0.128. The summed E-state index contributed by atoms with van der Waals surface area (Å²) in [5.74, 6) is 0.309. The number of hydrogen-bond acceptors (Lipinski definition) is 1. The Hall–Kier alpha value is -7.16. The predicted molar refractivity (Wildman–Crippen MR) is 252 cm³/mol. The maximum atomic E-state index is 6.55. The summed E-state index contributed by atoms with van der Waals surface area (Å²) in [4.78, 5) is 0. The number of furan rings is 1. The lowest BCUT2D eigenvalue weighted by Crippen LogP contribution is -2.15. The van der Waals surface area contributed by atoms with Gasteiger partial charge in [0, 0.05) is 32.9 Å². The van der Waals surface area contributed by atoms with Gasteiger partial charge >= 0.3 is 0 Å². The maximum absolute atomic E-state index is 6.55. The summed E-state index contributed by atoms with van der Waals surface area (Å²) in [5, 5.41) is 7.40. The molecule has 0 aliphatic heterocycles. The Balaban J connectivity index is 0.893. The molecule has 286 valence electrons. The number of fused-ring (bicyclic) bond motifs is 10. The molecule has 0 amide bonds. The quantitative estimate of drug-likeness (QED) is 0.158. The number of hydrogen-bond donors (Lipinski definition) is 0. The average molecular weight is 770 g/mol. The Morgan fingerprint density at radius 1 is 0.500 bits per heavy atom. The zero-order valence-electron chi connectivity index (χ0n) is 33.8. The van der Waals surface area contributed by atoms with Gasteiger partial charge in [-0.2, -0.15) is 0 Å². The van der Waals surface area contributed by atoms with Crippen molar-refractivity contribution in [2.24, 2.45) is 0 Å². The molecule has 2 heteroatoms. The van der Waals surface area contributed by atoms with E-state index in [4.69, 9.17) is 4.42 Å². The van der Waals surface area contributed by atoms with Crippen molar-refractivity contribution in [1.82, 2.24) is 4.57 Å². The van der Waals surface area contributed by atoms with Crippen LogP contribution in [0.2, 0.25) is 0 Å². The van der Waals surface area contributed by atoms with Crippen LogP contribution < -0.4 is 0 Å². The second kappa shape index (κ2) is 13.4. The van der Waals surface area contributed by atoms with Crippen molar-refractivity contribution < 1.29 is 4.42 Å². The van der Waals surface area contributed by atoms with Crippen LogP contribution in [0.1, 0.15) is 54.0 Å². The van der Waals surface area contributed by atoms with Crippen LogP contribution >= 0.6 is 0 Å². The number of nitrogens with zero attached hydrogens (tertiary/aromatic N) is 1. The van der Waals surface area contributed by atoms with Crippen LogP contribution in [0.25, 0.3) is 82.5 Å². The minimum Gasteiger partial charge on any atom is -0.454 e. The van der Waals surface area contributed by atoms with Gasteiger partial charge in [-0.15, -0.1) is 0 Å². The SMILES string of the molecule is CC1(C)c2cc(CCC(c3ccccc3)c3cccc4ccccc34)ccc2-c2ccc(-c3ccc4c(c3)c3ccccc3n4-c3cccc4c3oc3ccccc34)cc21. The molecule has 1 atom stereocenters. The fraction of sp³-hybridized carbons (Fsp3) is 0.103. The number of rotatable bonds is 7. The Morgan fingerprint density at radius 2 is 1.15 bits per heavy atom. The van der Waals surface area contributed by atoms with Crippen molar-refractivity contribution in [2.45, 2.75) is 38.0 Å². The molecule has 1 aliphatic carbocycles. The van der Waals surface area contributed by atoms with E-state index in [1.54, 1.807) is 0 Å². The van der Waals surface area contributed by atoms with E-state index in [1.807, 2.05) is 6.07 Å². The Kier molecular flexibility index (Phi) is 7.81. The van der Waals surface area contributed by atoms with Crippen molar-refractivity contribution in [2.75, 3.05) is 0 Å². The molecule has 12 rings (SSSR count). The van der Waals surface area contributed by atoms with Crippen LogP contribution in [-0.2, 0) is 11.8 Å². The van der Waals surface area contributed by atoms with Gasteiger partial charge < -0.3 is 8.98 Å². The molecule has 2 nitrogen and oxygen atoms in total. The fourth-order valence-electron chi connectivity index (χ4n) is 10.5. The molecule has 11 aromatic rings. The van der Waals surface area contributed by atoms with Crippen LogP contribution in [0.3, 0.4) is 0 Å². The van der Waals surface area contributed by atoms with Gasteiger partial charge in [0.05, 0.1) is 16.7 Å². The number of aryl methyl sites for hydroxylation is 1. The summed E-state index contributed by atoms with van der Waals surface area (Å²) in [6, 6.07) is 71.6. The number of para-hydroxylation sites is 3. The maximum Gasteiger partial charge on any atom is 0.159 e. The van der Waals surface area contributed by atoms with Crippen molar-refractivity contribution in [3.05, 3.63) is 222 Å². The first kappa shape index (κ1) is 34.8. The number of aromatic nitrogens is 1. The molecule has 0 saturated carbocycles. The molecule has 9 aromatic carbocycles. The molecular weight excluding hydrogens is 727 g/mol. The predicted octanol–water partition coefficient (Wildman–Crippen LogP) is 15.6. The second-order valence-electron chi connectivity index (χ2n) is 17.2. The molecule has 1 unspecified atom stereocenters. The minimum absolute atomic E-state index is 0.128. The highest BCUT2D eigenvalue weighted by Crippen LogP contribution is 2.50. The van der Waals surface area contributed by atoms with E-state index in [0.717, 1.165) is 40.5 Å². The molecule has 0 saturated heterocycles. The van der Waals surface area contributed by atoms with Gasteiger partial charge in [-0.1, -0.05) is 172 Å². The molecule has 2 aromatic heterocycles.